The molecule has 0 spiro atoms. The molecule has 7 heteroatoms. The molecular weight excluding hydrogens is 320 g/mol. The van der Waals surface area contributed by atoms with Gasteiger partial charge in [0.1, 0.15) is 6.07 Å². The topological polar surface area (TPSA) is 114 Å². The normalized spacial score (nSPS) is 10.6. The molecule has 0 aliphatic heterocycles. The molecule has 2 heterocycles. The molecule has 2 aromatic heterocycles. The Hall–Kier alpha value is -3.53. The maximum atomic E-state index is 12.2. The van der Waals surface area contributed by atoms with E-state index in [-0.39, 0.29) is 22.5 Å². The van der Waals surface area contributed by atoms with Crippen molar-refractivity contribution in [1.29, 1.82) is 5.26 Å². The Labute approximate surface area is 143 Å². The van der Waals surface area contributed by atoms with Gasteiger partial charge in [0.05, 0.1) is 29.6 Å². The van der Waals surface area contributed by atoms with Crippen LogP contribution >= 0.6 is 0 Å². The number of hydrogen-bond acceptors (Lipinski definition) is 5. The van der Waals surface area contributed by atoms with E-state index in [0.717, 1.165) is 16.5 Å². The molecule has 0 radical (unpaired) electrons. The summed E-state index contributed by atoms with van der Waals surface area (Å²) in [4.78, 5) is 26.7. The second-order valence-electron chi connectivity index (χ2n) is 5.78. The summed E-state index contributed by atoms with van der Waals surface area (Å²) in [5.41, 5.74) is 9.01. The van der Waals surface area contributed by atoms with Gasteiger partial charge in [-0.05, 0) is 37.1 Å². The van der Waals surface area contributed by atoms with E-state index in [2.05, 4.69) is 4.98 Å². The number of benzene rings is 1. The molecule has 3 N–H and O–H groups in total. The van der Waals surface area contributed by atoms with E-state index in [0.29, 0.717) is 11.2 Å². The summed E-state index contributed by atoms with van der Waals surface area (Å²) >= 11 is 0. The van der Waals surface area contributed by atoms with Crippen LogP contribution < -0.4 is 11.3 Å². The zero-order valence-electron chi connectivity index (χ0n) is 14.0. The van der Waals surface area contributed by atoms with Gasteiger partial charge in [-0.1, -0.05) is 0 Å². The largest absolute Gasteiger partial charge is 0.464 e. The first kappa shape index (κ1) is 16.3. The van der Waals surface area contributed by atoms with Crippen LogP contribution in [0, 0.1) is 25.2 Å². The van der Waals surface area contributed by atoms with E-state index in [9.17, 15) is 14.9 Å². The van der Waals surface area contributed by atoms with Crippen LogP contribution in [0.5, 0.6) is 0 Å². The lowest BCUT2D eigenvalue weighted by atomic mass is 10.1. The minimum atomic E-state index is -0.642. The Bertz CT molecular complexity index is 1120. The first-order valence-electron chi connectivity index (χ1n) is 7.51. The quantitative estimate of drug-likeness (QED) is 0.696. The van der Waals surface area contributed by atoms with Gasteiger partial charge in [0, 0.05) is 17.6 Å². The van der Waals surface area contributed by atoms with Gasteiger partial charge in [-0.15, -0.1) is 0 Å². The minimum absolute atomic E-state index is 0.0617. The number of aromatic nitrogens is 2. The molecule has 0 unspecified atom stereocenters. The second kappa shape index (κ2) is 5.83. The summed E-state index contributed by atoms with van der Waals surface area (Å²) in [5, 5.41) is 10.1. The van der Waals surface area contributed by atoms with Crippen molar-refractivity contribution in [1.82, 2.24) is 9.55 Å². The molecule has 0 saturated heterocycles. The fourth-order valence-corrected chi connectivity index (χ4v) is 2.93. The molecule has 0 bridgehead atoms. The smallest absolute Gasteiger partial charge is 0.357 e. The number of rotatable bonds is 2. The molecule has 25 heavy (non-hydrogen) atoms. The fraction of sp³-hybridized carbons (Fsp3) is 0.167. The van der Waals surface area contributed by atoms with Crippen molar-refractivity contribution in [2.75, 3.05) is 12.8 Å². The van der Waals surface area contributed by atoms with Crippen LogP contribution in [0.25, 0.3) is 16.6 Å². The minimum Gasteiger partial charge on any atom is -0.464 e. The molecule has 1 aromatic carbocycles. The van der Waals surface area contributed by atoms with Gasteiger partial charge in [0.2, 0.25) is 5.56 Å². The number of nitriles is 1. The van der Waals surface area contributed by atoms with E-state index in [1.165, 1.54) is 23.9 Å². The van der Waals surface area contributed by atoms with Gasteiger partial charge >= 0.3 is 5.97 Å². The van der Waals surface area contributed by atoms with Crippen molar-refractivity contribution >= 4 is 22.6 Å². The van der Waals surface area contributed by atoms with Crippen molar-refractivity contribution in [3.05, 3.63) is 57.1 Å². The van der Waals surface area contributed by atoms with E-state index >= 15 is 0 Å². The Morgan fingerprint density at radius 1 is 1.28 bits per heavy atom. The van der Waals surface area contributed by atoms with Gasteiger partial charge in [-0.3, -0.25) is 4.79 Å². The lowest BCUT2D eigenvalue weighted by Crippen LogP contribution is -2.12. The molecule has 0 amide bonds. The highest BCUT2D eigenvalue weighted by atomic mass is 16.5. The molecular formula is C18H16N4O3. The van der Waals surface area contributed by atoms with Crippen molar-refractivity contribution in [3.63, 3.8) is 0 Å². The number of nitrogens with zero attached hydrogens (tertiary/aromatic N) is 2. The summed E-state index contributed by atoms with van der Waals surface area (Å²) in [6.07, 6.45) is 1.49. The number of nitrogens with one attached hydrogen (secondary N) is 1. The predicted molar refractivity (Wildman–Crippen MR) is 93.8 cm³/mol. The SMILES string of the molecule is COC(=O)c1c(N)c(C#N)cn1-c1cc2[nH]c(=O)cc(C)c2cc1C. The summed E-state index contributed by atoms with van der Waals surface area (Å²) in [6.45, 7) is 3.74. The summed E-state index contributed by atoms with van der Waals surface area (Å²) in [7, 11) is 1.25. The fourth-order valence-electron chi connectivity index (χ4n) is 2.93. The van der Waals surface area contributed by atoms with E-state index in [1.807, 2.05) is 26.0 Å². The number of carbonyl (C=O) groups is 1. The molecule has 0 saturated carbocycles. The number of nitrogen functional groups attached to an aromatic ring is 1. The van der Waals surface area contributed by atoms with Crippen LogP contribution in [0.4, 0.5) is 5.69 Å². The van der Waals surface area contributed by atoms with E-state index in [4.69, 9.17) is 10.5 Å². The number of ether oxygens (including phenoxy) is 1. The third-order valence-corrected chi connectivity index (χ3v) is 4.17. The summed E-state index contributed by atoms with van der Waals surface area (Å²) < 4.78 is 6.32. The van der Waals surface area contributed by atoms with Crippen LogP contribution in [0.15, 0.2) is 29.2 Å². The number of aryl methyl sites for hydroxylation is 2. The average molecular weight is 336 g/mol. The number of pyridine rings is 1. The van der Waals surface area contributed by atoms with Crippen LogP contribution in [0.3, 0.4) is 0 Å². The van der Waals surface area contributed by atoms with Crippen molar-refractivity contribution < 1.29 is 9.53 Å². The van der Waals surface area contributed by atoms with Crippen LogP contribution in [0.1, 0.15) is 27.2 Å². The number of anilines is 1. The molecule has 7 nitrogen and oxygen atoms in total. The first-order chi connectivity index (χ1) is 11.9. The highest BCUT2D eigenvalue weighted by Crippen LogP contribution is 2.29. The Balaban J connectivity index is 2.37. The third kappa shape index (κ3) is 2.54. The summed E-state index contributed by atoms with van der Waals surface area (Å²) in [6, 6.07) is 7.17. The monoisotopic (exact) mass is 336 g/mol. The summed E-state index contributed by atoms with van der Waals surface area (Å²) in [5.74, 6) is -0.642. The second-order valence-corrected chi connectivity index (χ2v) is 5.78. The maximum Gasteiger partial charge on any atom is 0.357 e. The zero-order valence-corrected chi connectivity index (χ0v) is 14.0. The van der Waals surface area contributed by atoms with E-state index < -0.39 is 5.97 Å². The van der Waals surface area contributed by atoms with Gasteiger partial charge in [0.15, 0.2) is 5.69 Å². The number of aromatic amines is 1. The number of methoxy groups -OCH3 is 1. The number of esters is 1. The van der Waals surface area contributed by atoms with Crippen LogP contribution in [-0.4, -0.2) is 22.6 Å². The highest BCUT2D eigenvalue weighted by Gasteiger charge is 2.22. The molecule has 0 aliphatic carbocycles. The standard InChI is InChI=1S/C18H16N4O3/c1-9-5-15(23)21-13-6-14(10(2)4-12(9)13)22-8-11(7-19)16(20)17(22)18(24)25-3/h4-6,8H,20H2,1-3H3,(H,21,23). The molecule has 0 atom stereocenters. The molecule has 126 valence electrons. The van der Waals surface area contributed by atoms with Gasteiger partial charge < -0.3 is 20.0 Å². The van der Waals surface area contributed by atoms with Gasteiger partial charge in [0.25, 0.3) is 0 Å². The lowest BCUT2D eigenvalue weighted by molar-refractivity contribution is 0.0593. The molecule has 0 fully saturated rings. The number of nitrogens with two attached hydrogens (primary N) is 1. The first-order valence-corrected chi connectivity index (χ1v) is 7.51. The Morgan fingerprint density at radius 2 is 2.00 bits per heavy atom. The van der Waals surface area contributed by atoms with Crippen molar-refractivity contribution in [3.8, 4) is 11.8 Å². The van der Waals surface area contributed by atoms with Crippen molar-refractivity contribution in [2.45, 2.75) is 13.8 Å². The maximum absolute atomic E-state index is 12.2. The Morgan fingerprint density at radius 3 is 2.64 bits per heavy atom. The molecule has 3 rings (SSSR count). The highest BCUT2D eigenvalue weighted by molar-refractivity contribution is 5.96. The number of hydrogen-bond donors (Lipinski definition) is 2. The number of H-pyrrole nitrogens is 1. The number of carbonyl (C=O) groups excluding carboxylic acids is 1. The lowest BCUT2D eigenvalue weighted by Gasteiger charge is -2.13. The van der Waals surface area contributed by atoms with Gasteiger partial charge in [-0.25, -0.2) is 4.79 Å². The van der Waals surface area contributed by atoms with Crippen LogP contribution in [0.2, 0.25) is 0 Å². The molecule has 0 aliphatic rings. The number of fused-ring (bicyclic) bond motifs is 1. The predicted octanol–water partition coefficient (Wildman–Crippen LogP) is 2.18. The van der Waals surface area contributed by atoms with Crippen molar-refractivity contribution in [2.24, 2.45) is 0 Å². The van der Waals surface area contributed by atoms with Crippen LogP contribution in [-0.2, 0) is 4.74 Å². The zero-order chi connectivity index (χ0) is 18.3. The third-order valence-electron chi connectivity index (χ3n) is 4.17. The average Bonchev–Trinajstić information content (AvgIpc) is 2.90. The van der Waals surface area contributed by atoms with E-state index in [1.54, 1.807) is 6.07 Å². The Kier molecular flexibility index (Phi) is 3.81. The molecule has 3 aromatic rings. The van der Waals surface area contributed by atoms with Gasteiger partial charge in [-0.2, -0.15) is 5.26 Å².